The molecule has 1 saturated carbocycles. The lowest BCUT2D eigenvalue weighted by Crippen LogP contribution is -2.38. The van der Waals surface area contributed by atoms with E-state index in [1.165, 1.54) is 25.7 Å². The highest BCUT2D eigenvalue weighted by Gasteiger charge is 2.23. The van der Waals surface area contributed by atoms with Crippen LogP contribution in [0.4, 0.5) is 5.69 Å². The van der Waals surface area contributed by atoms with Crippen LogP contribution in [0.5, 0.6) is 0 Å². The summed E-state index contributed by atoms with van der Waals surface area (Å²) in [6.45, 7) is 4.14. The van der Waals surface area contributed by atoms with Crippen molar-refractivity contribution in [3.63, 3.8) is 0 Å². The van der Waals surface area contributed by atoms with Crippen LogP contribution in [0.2, 0.25) is 0 Å². The molecule has 116 valence electrons. The zero-order chi connectivity index (χ0) is 15.4. The molecule has 1 aliphatic rings. The third-order valence-corrected chi connectivity index (χ3v) is 4.99. The number of rotatable bonds is 4. The monoisotopic (exact) mass is 352 g/mol. The van der Waals surface area contributed by atoms with E-state index in [4.69, 9.17) is 5.73 Å². The minimum atomic E-state index is -0.000517. The number of hydrogen-bond acceptors (Lipinski definition) is 2. The van der Waals surface area contributed by atoms with Gasteiger partial charge in [0.25, 0.3) is 5.91 Å². The van der Waals surface area contributed by atoms with E-state index in [0.29, 0.717) is 17.3 Å². The molecule has 0 spiro atoms. The molecule has 3 nitrogen and oxygen atoms in total. The number of halogens is 1. The van der Waals surface area contributed by atoms with Gasteiger partial charge in [0, 0.05) is 21.8 Å². The van der Waals surface area contributed by atoms with Crippen LogP contribution in [0.1, 0.15) is 61.4 Å². The second kappa shape index (κ2) is 7.30. The Morgan fingerprint density at radius 1 is 1.33 bits per heavy atom. The molecule has 0 unspecified atom stereocenters. The first-order chi connectivity index (χ1) is 10.0. The van der Waals surface area contributed by atoms with Gasteiger partial charge in [-0.25, -0.2) is 0 Å². The Morgan fingerprint density at radius 2 is 2.00 bits per heavy atom. The van der Waals surface area contributed by atoms with Gasteiger partial charge in [-0.15, -0.1) is 0 Å². The largest absolute Gasteiger partial charge is 0.398 e. The van der Waals surface area contributed by atoms with Gasteiger partial charge in [0.2, 0.25) is 0 Å². The van der Waals surface area contributed by atoms with Gasteiger partial charge in [0.15, 0.2) is 0 Å². The summed E-state index contributed by atoms with van der Waals surface area (Å²) in [4.78, 5) is 12.5. The normalized spacial score (nSPS) is 22.0. The van der Waals surface area contributed by atoms with E-state index in [2.05, 4.69) is 28.2 Å². The number of benzene rings is 1. The summed E-state index contributed by atoms with van der Waals surface area (Å²) in [6.07, 6.45) is 7.24. The highest BCUT2D eigenvalue weighted by Crippen LogP contribution is 2.28. The molecule has 0 radical (unpaired) electrons. The first kappa shape index (κ1) is 16.3. The number of anilines is 1. The number of carbonyl (C=O) groups is 1. The zero-order valence-corrected chi connectivity index (χ0v) is 14.5. The molecule has 4 heteroatoms. The zero-order valence-electron chi connectivity index (χ0n) is 12.9. The van der Waals surface area contributed by atoms with Crippen molar-refractivity contribution in [1.82, 2.24) is 5.32 Å². The van der Waals surface area contributed by atoms with E-state index in [-0.39, 0.29) is 5.91 Å². The molecule has 1 aromatic rings. The summed E-state index contributed by atoms with van der Waals surface area (Å²) >= 11 is 3.41. The van der Waals surface area contributed by atoms with Gasteiger partial charge in [-0.2, -0.15) is 0 Å². The van der Waals surface area contributed by atoms with Gasteiger partial charge in [-0.1, -0.05) is 35.7 Å². The number of hydrogen-bond donors (Lipinski definition) is 2. The molecule has 1 amide bonds. The fourth-order valence-corrected chi connectivity index (χ4v) is 3.68. The smallest absolute Gasteiger partial charge is 0.251 e. The van der Waals surface area contributed by atoms with Crippen molar-refractivity contribution in [2.75, 3.05) is 5.73 Å². The van der Waals surface area contributed by atoms with Gasteiger partial charge in [0.05, 0.1) is 0 Å². The van der Waals surface area contributed by atoms with Gasteiger partial charge < -0.3 is 11.1 Å². The predicted molar refractivity (Wildman–Crippen MR) is 91.4 cm³/mol. The minimum Gasteiger partial charge on any atom is -0.398 e. The maximum absolute atomic E-state index is 12.5. The summed E-state index contributed by atoms with van der Waals surface area (Å²) in [6, 6.07) is 4.00. The molecule has 1 fully saturated rings. The number of nitrogens with one attached hydrogen (secondary N) is 1. The highest BCUT2D eigenvalue weighted by molar-refractivity contribution is 9.10. The molecule has 0 atom stereocenters. The van der Waals surface area contributed by atoms with E-state index in [9.17, 15) is 4.79 Å². The third-order valence-electron chi connectivity index (χ3n) is 4.54. The molecular weight excluding hydrogens is 328 g/mol. The number of nitrogens with two attached hydrogens (primary N) is 1. The van der Waals surface area contributed by atoms with Gasteiger partial charge in [-0.3, -0.25) is 4.79 Å². The molecule has 3 N–H and O–H groups in total. The average Bonchev–Trinajstić information content (AvgIpc) is 2.45. The molecule has 0 heterocycles. The van der Waals surface area contributed by atoms with E-state index in [1.54, 1.807) is 0 Å². The van der Waals surface area contributed by atoms with Crippen molar-refractivity contribution in [3.05, 3.63) is 27.7 Å². The fraction of sp³-hybridized carbons (Fsp3) is 0.588. The highest BCUT2D eigenvalue weighted by atomic mass is 79.9. The molecule has 1 aliphatic carbocycles. The maximum Gasteiger partial charge on any atom is 0.251 e. The summed E-state index contributed by atoms with van der Waals surface area (Å²) < 4.78 is 0.849. The lowest BCUT2D eigenvalue weighted by molar-refractivity contribution is 0.0920. The quantitative estimate of drug-likeness (QED) is 0.787. The SMILES string of the molecule is CCCC1CCC(NC(=O)c2cc(Br)cc(N)c2C)CC1. The predicted octanol–water partition coefficient (Wildman–Crippen LogP) is 4.43. The summed E-state index contributed by atoms with van der Waals surface area (Å²) in [5, 5.41) is 3.18. The summed E-state index contributed by atoms with van der Waals surface area (Å²) in [7, 11) is 0. The Balaban J connectivity index is 1.97. The molecule has 0 aliphatic heterocycles. The summed E-state index contributed by atoms with van der Waals surface area (Å²) in [5.74, 6) is 0.853. The van der Waals surface area contributed by atoms with E-state index in [1.807, 2.05) is 19.1 Å². The van der Waals surface area contributed by atoms with Gasteiger partial charge >= 0.3 is 0 Å². The lowest BCUT2D eigenvalue weighted by Gasteiger charge is -2.29. The van der Waals surface area contributed by atoms with Crippen LogP contribution in [-0.4, -0.2) is 11.9 Å². The second-order valence-corrected chi connectivity index (χ2v) is 7.06. The number of carbonyl (C=O) groups excluding carboxylic acids is 1. The average molecular weight is 353 g/mol. The Bertz CT molecular complexity index is 508. The minimum absolute atomic E-state index is 0.000517. The van der Waals surface area contributed by atoms with E-state index in [0.717, 1.165) is 28.8 Å². The third kappa shape index (κ3) is 4.22. The Kier molecular flexibility index (Phi) is 5.68. The van der Waals surface area contributed by atoms with Crippen molar-refractivity contribution < 1.29 is 4.79 Å². The molecule has 21 heavy (non-hydrogen) atoms. The van der Waals surface area contributed by atoms with Crippen LogP contribution < -0.4 is 11.1 Å². The topological polar surface area (TPSA) is 55.1 Å². The summed E-state index contributed by atoms with van der Waals surface area (Å²) in [5.41, 5.74) is 8.12. The lowest BCUT2D eigenvalue weighted by atomic mass is 9.83. The Labute approximate surface area is 135 Å². The Hall–Kier alpha value is -1.03. The number of amides is 1. The maximum atomic E-state index is 12.5. The van der Waals surface area contributed by atoms with Crippen molar-refractivity contribution in [2.45, 2.75) is 58.4 Å². The van der Waals surface area contributed by atoms with Crippen molar-refractivity contribution in [2.24, 2.45) is 5.92 Å². The van der Waals surface area contributed by atoms with Gasteiger partial charge in [0.1, 0.15) is 0 Å². The van der Waals surface area contributed by atoms with Crippen LogP contribution in [0.3, 0.4) is 0 Å². The molecule has 0 saturated heterocycles. The van der Waals surface area contributed by atoms with E-state index >= 15 is 0 Å². The van der Waals surface area contributed by atoms with Crippen molar-refractivity contribution in [1.29, 1.82) is 0 Å². The van der Waals surface area contributed by atoms with Crippen LogP contribution in [0.25, 0.3) is 0 Å². The molecule has 1 aromatic carbocycles. The van der Waals surface area contributed by atoms with E-state index < -0.39 is 0 Å². The first-order valence-corrected chi connectivity index (χ1v) is 8.67. The first-order valence-electron chi connectivity index (χ1n) is 7.87. The molecule has 0 aromatic heterocycles. The van der Waals surface area contributed by atoms with Crippen LogP contribution in [-0.2, 0) is 0 Å². The van der Waals surface area contributed by atoms with Crippen molar-refractivity contribution in [3.8, 4) is 0 Å². The van der Waals surface area contributed by atoms with Crippen LogP contribution >= 0.6 is 15.9 Å². The van der Waals surface area contributed by atoms with Gasteiger partial charge in [-0.05, 0) is 56.2 Å². The Morgan fingerprint density at radius 3 is 2.62 bits per heavy atom. The fourth-order valence-electron chi connectivity index (χ4n) is 3.20. The van der Waals surface area contributed by atoms with Crippen LogP contribution in [0, 0.1) is 12.8 Å². The standard InChI is InChI=1S/C17H25BrN2O/c1-3-4-12-5-7-14(8-6-12)20-17(21)15-9-13(18)10-16(19)11(15)2/h9-10,12,14H,3-8,19H2,1-2H3,(H,20,21). The van der Waals surface area contributed by atoms with Crippen molar-refractivity contribution >= 4 is 27.5 Å². The molecular formula is C17H25BrN2O. The van der Waals surface area contributed by atoms with Crippen LogP contribution in [0.15, 0.2) is 16.6 Å². The molecule has 2 rings (SSSR count). The number of nitrogen functional groups attached to an aromatic ring is 1. The second-order valence-electron chi connectivity index (χ2n) is 6.15. The molecule has 0 bridgehead atoms.